The summed E-state index contributed by atoms with van der Waals surface area (Å²) >= 11 is 1.55. The predicted octanol–water partition coefficient (Wildman–Crippen LogP) is 8.53. The van der Waals surface area contributed by atoms with Gasteiger partial charge in [-0.1, -0.05) is 71.3 Å². The molecular formula is C30H49NO3S. The lowest BCUT2D eigenvalue weighted by atomic mass is 9.73. The van der Waals surface area contributed by atoms with Gasteiger partial charge in [-0.2, -0.15) is 4.37 Å². The zero-order valence-electron chi connectivity index (χ0n) is 22.6. The molecule has 0 amide bonds. The highest BCUT2D eigenvalue weighted by atomic mass is 32.1. The van der Waals surface area contributed by atoms with Crippen LogP contribution in [-0.2, 0) is 14.3 Å². The minimum absolute atomic E-state index is 0.00541. The average Bonchev–Trinajstić information content (AvgIpc) is 3.32. The molecule has 198 valence electrons. The van der Waals surface area contributed by atoms with Crippen LogP contribution in [0.4, 0.5) is 0 Å². The van der Waals surface area contributed by atoms with Crippen molar-refractivity contribution in [2.75, 3.05) is 13.2 Å². The van der Waals surface area contributed by atoms with E-state index in [0.29, 0.717) is 24.2 Å². The number of unbranched alkanes of at least 4 members (excludes halogenated alkanes) is 8. The molecular weight excluding hydrogens is 454 g/mol. The number of hydrogen-bond donors (Lipinski definition) is 0. The standard InChI is InChI=1S/C30H49NO3S/c1-4-5-6-7-8-9-10-11-12-16-28(32)34-30(25-17-19-33-20-18-25)24(3)26-14-13-15-27(21-26)29-23(2)22-35-31-29/h15,22,24-26,30H,4-14,16-21H2,1-3H3. The first-order valence-electron chi connectivity index (χ1n) is 14.5. The maximum absolute atomic E-state index is 12.9. The van der Waals surface area contributed by atoms with Crippen LogP contribution in [0.1, 0.15) is 121 Å². The van der Waals surface area contributed by atoms with Crippen LogP contribution in [0, 0.1) is 24.7 Å². The van der Waals surface area contributed by atoms with Crippen LogP contribution in [0.3, 0.4) is 0 Å². The summed E-state index contributed by atoms with van der Waals surface area (Å²) in [5.41, 5.74) is 3.85. The second-order valence-corrected chi connectivity index (χ2v) is 11.6. The van der Waals surface area contributed by atoms with Gasteiger partial charge in [-0.3, -0.25) is 4.79 Å². The minimum atomic E-state index is 0.00541. The first-order chi connectivity index (χ1) is 17.1. The summed E-state index contributed by atoms with van der Waals surface area (Å²) in [6, 6.07) is 0. The van der Waals surface area contributed by atoms with Gasteiger partial charge in [-0.05, 0) is 80.0 Å². The van der Waals surface area contributed by atoms with Gasteiger partial charge < -0.3 is 9.47 Å². The highest BCUT2D eigenvalue weighted by molar-refractivity contribution is 7.03. The Bertz CT molecular complexity index is 767. The van der Waals surface area contributed by atoms with Gasteiger partial charge in [0.25, 0.3) is 0 Å². The molecule has 1 aliphatic heterocycles. The molecule has 1 aromatic heterocycles. The summed E-state index contributed by atoms with van der Waals surface area (Å²) in [7, 11) is 0. The van der Waals surface area contributed by atoms with E-state index < -0.39 is 0 Å². The third kappa shape index (κ3) is 9.31. The second kappa shape index (κ2) is 15.8. The van der Waals surface area contributed by atoms with Crippen LogP contribution >= 0.6 is 11.5 Å². The molecule has 0 radical (unpaired) electrons. The van der Waals surface area contributed by atoms with E-state index in [-0.39, 0.29) is 12.1 Å². The van der Waals surface area contributed by atoms with E-state index in [0.717, 1.165) is 51.7 Å². The molecule has 35 heavy (non-hydrogen) atoms. The van der Waals surface area contributed by atoms with Gasteiger partial charge in [0.2, 0.25) is 0 Å². The molecule has 0 saturated carbocycles. The van der Waals surface area contributed by atoms with Crippen molar-refractivity contribution in [2.24, 2.45) is 17.8 Å². The Morgan fingerprint density at radius 3 is 2.40 bits per heavy atom. The SMILES string of the molecule is CCCCCCCCCCCC(=O)OC(C1CCOCC1)C(C)C1CCC=C(c2nscc2C)C1. The van der Waals surface area contributed by atoms with Crippen molar-refractivity contribution in [1.82, 2.24) is 4.37 Å². The van der Waals surface area contributed by atoms with E-state index in [9.17, 15) is 4.79 Å². The molecule has 4 nitrogen and oxygen atoms in total. The molecule has 3 atom stereocenters. The van der Waals surface area contributed by atoms with E-state index in [2.05, 4.69) is 36.6 Å². The van der Waals surface area contributed by atoms with Gasteiger partial charge in [-0.15, -0.1) is 0 Å². The van der Waals surface area contributed by atoms with Crippen LogP contribution in [0.15, 0.2) is 11.5 Å². The van der Waals surface area contributed by atoms with Crippen molar-refractivity contribution < 1.29 is 14.3 Å². The van der Waals surface area contributed by atoms with Crippen LogP contribution < -0.4 is 0 Å². The Morgan fingerprint density at radius 1 is 1.06 bits per heavy atom. The normalized spacial score (nSPS) is 20.9. The third-order valence-electron chi connectivity index (χ3n) is 8.21. The number of nitrogens with zero attached hydrogens (tertiary/aromatic N) is 1. The van der Waals surface area contributed by atoms with E-state index in [1.54, 1.807) is 11.5 Å². The van der Waals surface area contributed by atoms with Crippen LogP contribution in [0.2, 0.25) is 0 Å². The summed E-state index contributed by atoms with van der Waals surface area (Å²) in [6.45, 7) is 8.33. The number of ether oxygens (including phenoxy) is 2. The quantitative estimate of drug-likeness (QED) is 0.178. The summed E-state index contributed by atoms with van der Waals surface area (Å²) in [5, 5.41) is 2.14. The lowest BCUT2D eigenvalue weighted by molar-refractivity contribution is -0.159. The van der Waals surface area contributed by atoms with Gasteiger partial charge in [0.05, 0.1) is 5.69 Å². The van der Waals surface area contributed by atoms with Gasteiger partial charge >= 0.3 is 5.97 Å². The molecule has 1 aliphatic carbocycles. The highest BCUT2D eigenvalue weighted by Gasteiger charge is 2.36. The number of aryl methyl sites for hydroxylation is 1. The van der Waals surface area contributed by atoms with E-state index in [1.165, 1.54) is 68.2 Å². The molecule has 3 rings (SSSR count). The zero-order valence-corrected chi connectivity index (χ0v) is 23.4. The van der Waals surface area contributed by atoms with Crippen molar-refractivity contribution in [2.45, 2.75) is 123 Å². The maximum atomic E-state index is 12.9. The lowest BCUT2D eigenvalue weighted by Gasteiger charge is -2.38. The van der Waals surface area contributed by atoms with Crippen molar-refractivity contribution in [3.63, 3.8) is 0 Å². The Morgan fingerprint density at radius 2 is 1.74 bits per heavy atom. The van der Waals surface area contributed by atoms with E-state index in [1.807, 2.05) is 0 Å². The molecule has 2 aliphatic rings. The number of carbonyl (C=O) groups excluding carboxylic acids is 1. The Labute approximate surface area is 218 Å². The molecule has 0 spiro atoms. The fraction of sp³-hybridized carbons (Fsp3) is 0.800. The highest BCUT2D eigenvalue weighted by Crippen LogP contribution is 2.40. The molecule has 5 heteroatoms. The molecule has 3 unspecified atom stereocenters. The molecule has 2 heterocycles. The average molecular weight is 504 g/mol. The monoisotopic (exact) mass is 503 g/mol. The molecule has 0 bridgehead atoms. The van der Waals surface area contributed by atoms with Crippen molar-refractivity contribution in [1.29, 1.82) is 0 Å². The predicted molar refractivity (Wildman–Crippen MR) is 147 cm³/mol. The number of esters is 1. The van der Waals surface area contributed by atoms with Crippen LogP contribution in [0.5, 0.6) is 0 Å². The molecule has 1 saturated heterocycles. The largest absolute Gasteiger partial charge is 0.462 e. The van der Waals surface area contributed by atoms with Gasteiger partial charge in [0.1, 0.15) is 6.10 Å². The van der Waals surface area contributed by atoms with Crippen molar-refractivity contribution in [3.8, 4) is 0 Å². The fourth-order valence-corrected chi connectivity index (χ4v) is 6.60. The molecule has 1 aromatic rings. The minimum Gasteiger partial charge on any atom is -0.462 e. The first kappa shape index (κ1) is 28.4. The number of aromatic nitrogens is 1. The smallest absolute Gasteiger partial charge is 0.306 e. The van der Waals surface area contributed by atoms with Crippen LogP contribution in [0.25, 0.3) is 5.57 Å². The molecule has 0 N–H and O–H groups in total. The number of rotatable bonds is 15. The second-order valence-electron chi connectivity index (χ2n) is 11.0. The van der Waals surface area contributed by atoms with Gasteiger partial charge in [0.15, 0.2) is 0 Å². The van der Waals surface area contributed by atoms with Crippen molar-refractivity contribution in [3.05, 3.63) is 22.7 Å². The number of carbonyl (C=O) groups is 1. The summed E-state index contributed by atoms with van der Waals surface area (Å²) in [4.78, 5) is 12.9. The van der Waals surface area contributed by atoms with Crippen molar-refractivity contribution >= 4 is 23.1 Å². The topological polar surface area (TPSA) is 48.4 Å². The Balaban J connectivity index is 1.48. The maximum Gasteiger partial charge on any atom is 0.306 e. The zero-order chi connectivity index (χ0) is 24.9. The summed E-state index contributed by atoms with van der Waals surface area (Å²) in [6.07, 6.45) is 19.6. The number of hydrogen-bond acceptors (Lipinski definition) is 5. The van der Waals surface area contributed by atoms with Gasteiger partial charge in [0, 0.05) is 30.9 Å². The van der Waals surface area contributed by atoms with E-state index in [4.69, 9.17) is 9.47 Å². The fourth-order valence-electron chi connectivity index (χ4n) is 5.92. The van der Waals surface area contributed by atoms with Gasteiger partial charge in [-0.25, -0.2) is 0 Å². The number of allylic oxidation sites excluding steroid dienone is 2. The first-order valence-corrected chi connectivity index (χ1v) is 15.3. The molecule has 1 fully saturated rings. The lowest BCUT2D eigenvalue weighted by Crippen LogP contribution is -2.39. The summed E-state index contributed by atoms with van der Waals surface area (Å²) in [5.74, 6) is 1.32. The Hall–Kier alpha value is -1.20. The molecule has 0 aromatic carbocycles. The van der Waals surface area contributed by atoms with Crippen LogP contribution in [-0.4, -0.2) is 29.7 Å². The third-order valence-corrected chi connectivity index (χ3v) is 8.95. The Kier molecular flexibility index (Phi) is 12.8. The summed E-state index contributed by atoms with van der Waals surface area (Å²) < 4.78 is 16.6. The van der Waals surface area contributed by atoms with E-state index >= 15 is 0 Å².